The SMILES string of the molecule is Cc1cc(-c2ccc(N)c(C)c2)ccc1N.O=S(=O)(O)O. The Morgan fingerprint density at radius 2 is 1.10 bits per heavy atom. The lowest BCUT2D eigenvalue weighted by Gasteiger charge is -2.07. The van der Waals surface area contributed by atoms with E-state index in [1.807, 2.05) is 38.1 Å². The van der Waals surface area contributed by atoms with Crippen LogP contribution in [0.2, 0.25) is 0 Å². The Morgan fingerprint density at radius 1 is 0.810 bits per heavy atom. The molecule has 7 heteroatoms. The minimum absolute atomic E-state index is 0.830. The minimum atomic E-state index is -4.67. The summed E-state index contributed by atoms with van der Waals surface area (Å²) in [5, 5.41) is 0. The van der Waals surface area contributed by atoms with Crippen molar-refractivity contribution in [2.45, 2.75) is 13.8 Å². The molecule has 0 aromatic heterocycles. The Morgan fingerprint density at radius 3 is 1.33 bits per heavy atom. The lowest BCUT2D eigenvalue weighted by Crippen LogP contribution is -1.91. The topological polar surface area (TPSA) is 127 Å². The van der Waals surface area contributed by atoms with Crippen LogP contribution in [0.5, 0.6) is 0 Å². The summed E-state index contributed by atoms with van der Waals surface area (Å²) in [6.07, 6.45) is 0. The molecule has 0 aliphatic rings. The highest BCUT2D eigenvalue weighted by Gasteiger charge is 2.01. The number of benzene rings is 2. The van der Waals surface area contributed by atoms with Crippen molar-refractivity contribution in [3.8, 4) is 11.1 Å². The fraction of sp³-hybridized carbons (Fsp3) is 0.143. The van der Waals surface area contributed by atoms with E-state index in [-0.39, 0.29) is 0 Å². The standard InChI is InChI=1S/C14H16N2.H2O4S/c1-9-7-11(3-5-13(9)15)12-4-6-14(16)10(2)8-12;1-5(2,3)4/h3-8H,15-16H2,1-2H3;(H2,1,2,3,4). The van der Waals surface area contributed by atoms with Gasteiger partial charge in [0.1, 0.15) is 0 Å². The van der Waals surface area contributed by atoms with E-state index in [0.717, 1.165) is 22.5 Å². The molecule has 6 N–H and O–H groups in total. The van der Waals surface area contributed by atoms with Gasteiger partial charge in [0, 0.05) is 11.4 Å². The van der Waals surface area contributed by atoms with E-state index in [9.17, 15) is 0 Å². The van der Waals surface area contributed by atoms with Gasteiger partial charge >= 0.3 is 10.4 Å². The van der Waals surface area contributed by atoms with Crippen LogP contribution in [-0.2, 0) is 10.4 Å². The molecule has 0 amide bonds. The second-order valence-electron chi connectivity index (χ2n) is 4.59. The van der Waals surface area contributed by atoms with Crippen molar-refractivity contribution < 1.29 is 17.5 Å². The third-order valence-electron chi connectivity index (χ3n) is 2.87. The predicted molar refractivity (Wildman–Crippen MR) is 84.4 cm³/mol. The Labute approximate surface area is 124 Å². The van der Waals surface area contributed by atoms with Crippen molar-refractivity contribution in [1.29, 1.82) is 0 Å². The van der Waals surface area contributed by atoms with Crippen LogP contribution in [0.4, 0.5) is 11.4 Å². The van der Waals surface area contributed by atoms with Gasteiger partial charge in [0.15, 0.2) is 0 Å². The molecule has 0 saturated carbocycles. The van der Waals surface area contributed by atoms with Crippen LogP contribution in [0.1, 0.15) is 11.1 Å². The average Bonchev–Trinajstić information content (AvgIpc) is 2.34. The second kappa shape index (κ2) is 6.57. The van der Waals surface area contributed by atoms with Gasteiger partial charge in [-0.2, -0.15) is 8.42 Å². The van der Waals surface area contributed by atoms with Crippen molar-refractivity contribution in [1.82, 2.24) is 0 Å². The van der Waals surface area contributed by atoms with Gasteiger partial charge in [-0.15, -0.1) is 0 Å². The highest BCUT2D eigenvalue weighted by atomic mass is 32.3. The molecule has 0 radical (unpaired) electrons. The first-order valence-corrected chi connectivity index (χ1v) is 7.40. The van der Waals surface area contributed by atoms with Crippen LogP contribution in [0.3, 0.4) is 0 Å². The third-order valence-corrected chi connectivity index (χ3v) is 2.87. The molecular weight excluding hydrogens is 292 g/mol. The van der Waals surface area contributed by atoms with Gasteiger partial charge in [-0.05, 0) is 60.4 Å². The number of nitrogen functional groups attached to an aromatic ring is 2. The summed E-state index contributed by atoms with van der Waals surface area (Å²) >= 11 is 0. The van der Waals surface area contributed by atoms with Crippen LogP contribution in [0, 0.1) is 13.8 Å². The summed E-state index contributed by atoms with van der Waals surface area (Å²) in [4.78, 5) is 0. The summed E-state index contributed by atoms with van der Waals surface area (Å²) in [7, 11) is -4.67. The van der Waals surface area contributed by atoms with Gasteiger partial charge in [-0.25, -0.2) is 0 Å². The van der Waals surface area contributed by atoms with Crippen LogP contribution in [0.25, 0.3) is 11.1 Å². The van der Waals surface area contributed by atoms with E-state index in [1.54, 1.807) is 0 Å². The predicted octanol–water partition coefficient (Wildman–Crippen LogP) is 2.48. The molecule has 6 nitrogen and oxygen atoms in total. The second-order valence-corrected chi connectivity index (χ2v) is 5.49. The van der Waals surface area contributed by atoms with Gasteiger partial charge in [0.25, 0.3) is 0 Å². The zero-order valence-electron chi connectivity index (χ0n) is 11.7. The van der Waals surface area contributed by atoms with Crippen molar-refractivity contribution in [3.05, 3.63) is 47.5 Å². The van der Waals surface area contributed by atoms with Crippen molar-refractivity contribution in [2.24, 2.45) is 0 Å². The molecule has 0 saturated heterocycles. The molecule has 114 valence electrons. The molecule has 0 heterocycles. The Balaban J connectivity index is 0.000000383. The Hall–Kier alpha value is -2.09. The van der Waals surface area contributed by atoms with Gasteiger partial charge in [-0.1, -0.05) is 12.1 Å². The number of rotatable bonds is 1. The lowest BCUT2D eigenvalue weighted by atomic mass is 10.0. The summed E-state index contributed by atoms with van der Waals surface area (Å²) in [5.74, 6) is 0. The van der Waals surface area contributed by atoms with E-state index >= 15 is 0 Å². The molecule has 0 bridgehead atoms. The largest absolute Gasteiger partial charge is 0.399 e. The Bertz CT molecular complexity index is 685. The number of hydrogen-bond acceptors (Lipinski definition) is 4. The smallest absolute Gasteiger partial charge is 0.394 e. The van der Waals surface area contributed by atoms with Crippen LogP contribution < -0.4 is 11.5 Å². The van der Waals surface area contributed by atoms with Gasteiger partial charge in [0.2, 0.25) is 0 Å². The van der Waals surface area contributed by atoms with Crippen LogP contribution in [-0.4, -0.2) is 17.5 Å². The Kier molecular flexibility index (Phi) is 5.31. The van der Waals surface area contributed by atoms with E-state index in [0.29, 0.717) is 0 Å². The number of anilines is 2. The van der Waals surface area contributed by atoms with Gasteiger partial charge in [0.05, 0.1) is 0 Å². The molecule has 0 atom stereocenters. The monoisotopic (exact) mass is 310 g/mol. The maximum Gasteiger partial charge on any atom is 0.394 e. The maximum atomic E-state index is 8.74. The molecule has 0 spiro atoms. The van der Waals surface area contributed by atoms with E-state index in [4.69, 9.17) is 29.0 Å². The number of hydrogen-bond donors (Lipinski definition) is 4. The molecule has 2 rings (SSSR count). The van der Waals surface area contributed by atoms with E-state index in [1.165, 1.54) is 11.1 Å². The fourth-order valence-corrected chi connectivity index (χ4v) is 1.71. The normalized spacial score (nSPS) is 10.7. The molecule has 0 unspecified atom stereocenters. The quantitative estimate of drug-likeness (QED) is 0.473. The first kappa shape index (κ1) is 17.0. The maximum absolute atomic E-state index is 8.74. The van der Waals surface area contributed by atoms with Crippen molar-refractivity contribution in [2.75, 3.05) is 11.5 Å². The highest BCUT2D eigenvalue weighted by molar-refractivity contribution is 7.79. The van der Waals surface area contributed by atoms with Gasteiger partial charge in [-0.3, -0.25) is 9.11 Å². The third kappa shape index (κ3) is 5.82. The van der Waals surface area contributed by atoms with Crippen LogP contribution >= 0.6 is 0 Å². The zero-order valence-corrected chi connectivity index (χ0v) is 12.6. The molecule has 0 aliphatic heterocycles. The lowest BCUT2D eigenvalue weighted by molar-refractivity contribution is 0.381. The van der Waals surface area contributed by atoms with Crippen molar-refractivity contribution in [3.63, 3.8) is 0 Å². The van der Waals surface area contributed by atoms with Gasteiger partial charge < -0.3 is 11.5 Å². The first-order chi connectivity index (χ1) is 9.58. The summed E-state index contributed by atoms with van der Waals surface area (Å²) < 4.78 is 31.6. The van der Waals surface area contributed by atoms with Crippen molar-refractivity contribution >= 4 is 21.8 Å². The summed E-state index contributed by atoms with van der Waals surface area (Å²) in [5.41, 5.74) is 17.8. The molecule has 2 aromatic rings. The molecule has 0 fully saturated rings. The molecular formula is C14H18N2O4S. The molecule has 21 heavy (non-hydrogen) atoms. The summed E-state index contributed by atoms with van der Waals surface area (Å²) in [6.45, 7) is 4.03. The highest BCUT2D eigenvalue weighted by Crippen LogP contribution is 2.25. The van der Waals surface area contributed by atoms with E-state index in [2.05, 4.69) is 12.1 Å². The molecule has 2 aromatic carbocycles. The van der Waals surface area contributed by atoms with Crippen LogP contribution in [0.15, 0.2) is 36.4 Å². The van der Waals surface area contributed by atoms with E-state index < -0.39 is 10.4 Å². The average molecular weight is 310 g/mol. The zero-order chi connectivity index (χ0) is 16.2. The number of aryl methyl sites for hydroxylation is 2. The first-order valence-electron chi connectivity index (χ1n) is 6.00. The summed E-state index contributed by atoms with van der Waals surface area (Å²) in [6, 6.07) is 12.1. The molecule has 0 aliphatic carbocycles. The minimum Gasteiger partial charge on any atom is -0.399 e. The fourth-order valence-electron chi connectivity index (χ4n) is 1.71. The number of nitrogens with two attached hydrogens (primary N) is 2.